The third-order valence-electron chi connectivity index (χ3n) is 8.69. The summed E-state index contributed by atoms with van der Waals surface area (Å²) in [4.78, 5) is 28.9. The van der Waals surface area contributed by atoms with Crippen molar-refractivity contribution in [2.75, 3.05) is 17.2 Å². The van der Waals surface area contributed by atoms with Crippen molar-refractivity contribution >= 4 is 23.2 Å². The molecule has 2 fully saturated rings. The Balaban J connectivity index is 1.50. The highest BCUT2D eigenvalue weighted by atomic mass is 19.4. The van der Waals surface area contributed by atoms with Crippen LogP contribution < -0.4 is 10.6 Å². The van der Waals surface area contributed by atoms with Crippen LogP contribution in [0.2, 0.25) is 0 Å². The number of alkyl halides is 3. The number of amides is 2. The Labute approximate surface area is 253 Å². The molecule has 10 heteroatoms. The van der Waals surface area contributed by atoms with Crippen molar-refractivity contribution in [1.82, 2.24) is 4.90 Å². The Bertz CT molecular complexity index is 1480. The largest absolute Gasteiger partial charge is 0.416 e. The lowest BCUT2D eigenvalue weighted by Gasteiger charge is -2.43. The van der Waals surface area contributed by atoms with E-state index in [4.69, 9.17) is 0 Å². The van der Waals surface area contributed by atoms with E-state index in [0.717, 1.165) is 49.6 Å². The van der Waals surface area contributed by atoms with Crippen molar-refractivity contribution in [3.8, 4) is 0 Å². The van der Waals surface area contributed by atoms with Gasteiger partial charge in [0.15, 0.2) is 0 Å². The van der Waals surface area contributed by atoms with Crippen LogP contribution in [0.5, 0.6) is 0 Å². The molecule has 2 N–H and O–H groups in total. The summed E-state index contributed by atoms with van der Waals surface area (Å²) in [6, 6.07) is 13.5. The second-order valence-corrected chi connectivity index (χ2v) is 12.1. The second kappa shape index (κ2) is 13.0. The van der Waals surface area contributed by atoms with Crippen molar-refractivity contribution in [1.29, 1.82) is 0 Å². The molecular weight excluding hydrogens is 577 g/mol. The summed E-state index contributed by atoms with van der Waals surface area (Å²) in [5, 5.41) is 6.15. The Morgan fingerprint density at radius 2 is 1.52 bits per heavy atom. The van der Waals surface area contributed by atoms with Gasteiger partial charge in [-0.15, -0.1) is 0 Å². The van der Waals surface area contributed by atoms with Gasteiger partial charge in [0, 0.05) is 24.0 Å². The van der Waals surface area contributed by atoms with Crippen molar-refractivity contribution in [3.63, 3.8) is 0 Å². The van der Waals surface area contributed by atoms with Gasteiger partial charge in [-0.3, -0.25) is 9.59 Å². The molecule has 0 aromatic heterocycles. The Morgan fingerprint density at radius 3 is 2.16 bits per heavy atom. The van der Waals surface area contributed by atoms with Crippen molar-refractivity contribution in [2.24, 2.45) is 11.8 Å². The van der Waals surface area contributed by atoms with Crippen molar-refractivity contribution < 1.29 is 31.5 Å². The molecule has 1 saturated carbocycles. The molecule has 3 aromatic carbocycles. The average molecular weight is 614 g/mol. The lowest BCUT2D eigenvalue weighted by molar-refractivity contribution is -0.138. The summed E-state index contributed by atoms with van der Waals surface area (Å²) in [6.07, 6.45) is 1.36. The van der Waals surface area contributed by atoms with Crippen LogP contribution in [0.1, 0.15) is 78.5 Å². The van der Waals surface area contributed by atoms with E-state index in [0.29, 0.717) is 18.0 Å². The first kappa shape index (κ1) is 31.5. The lowest BCUT2D eigenvalue weighted by Crippen LogP contribution is -2.49. The van der Waals surface area contributed by atoms with Crippen molar-refractivity contribution in [2.45, 2.75) is 70.6 Å². The fourth-order valence-corrected chi connectivity index (χ4v) is 6.52. The van der Waals surface area contributed by atoms with Gasteiger partial charge in [0.2, 0.25) is 5.91 Å². The lowest BCUT2D eigenvalue weighted by atomic mass is 9.79. The van der Waals surface area contributed by atoms with Crippen LogP contribution in [-0.2, 0) is 11.0 Å². The summed E-state index contributed by atoms with van der Waals surface area (Å²) in [6.45, 7) is 3.29. The van der Waals surface area contributed by atoms with E-state index in [1.165, 1.54) is 36.4 Å². The third-order valence-corrected chi connectivity index (χ3v) is 8.69. The van der Waals surface area contributed by atoms with Gasteiger partial charge in [-0.2, -0.15) is 13.2 Å². The van der Waals surface area contributed by atoms with Gasteiger partial charge in [-0.1, -0.05) is 50.5 Å². The molecule has 1 saturated heterocycles. The molecule has 0 unspecified atom stereocenters. The van der Waals surface area contributed by atoms with E-state index >= 15 is 0 Å². The molecule has 5 nitrogen and oxygen atoms in total. The molecule has 2 aliphatic rings. The summed E-state index contributed by atoms with van der Waals surface area (Å²) in [5.74, 6) is -4.66. The van der Waals surface area contributed by atoms with Crippen molar-refractivity contribution in [3.05, 3.63) is 94.6 Å². The minimum atomic E-state index is -4.60. The number of carbonyl (C=O) groups is 2. The number of nitrogens with zero attached hydrogens (tertiary/aromatic N) is 1. The quantitative estimate of drug-likeness (QED) is 0.274. The number of aryl methyl sites for hydroxylation is 1. The van der Waals surface area contributed by atoms with Crippen LogP contribution in [0.25, 0.3) is 0 Å². The highest BCUT2D eigenvalue weighted by Crippen LogP contribution is 2.41. The number of hydrogen-bond acceptors (Lipinski definition) is 3. The highest BCUT2D eigenvalue weighted by molar-refractivity contribution is 5.97. The minimum absolute atomic E-state index is 0.0188. The molecular formula is C34H36F5N3O2. The smallest absolute Gasteiger partial charge is 0.382 e. The SMILES string of the molecule is Cc1ccc(NC(=O)[C@H]2C[C@@H](C)CN(C(=O)c3c(F)cccc3F)[C@H]2c2ccc(NC3CCCCC3)cc2)cc1C(F)(F)F. The number of halogens is 5. The van der Waals surface area contributed by atoms with Crippen LogP contribution in [0.4, 0.5) is 33.3 Å². The molecule has 2 amide bonds. The highest BCUT2D eigenvalue weighted by Gasteiger charge is 2.43. The molecule has 0 radical (unpaired) electrons. The van der Waals surface area contributed by atoms with Gasteiger partial charge in [-0.05, 0) is 79.6 Å². The number of nitrogens with one attached hydrogen (secondary N) is 2. The van der Waals surface area contributed by atoms with E-state index < -0.39 is 52.7 Å². The standard InChI is InChI=1S/C34H36F5N3O2/c1-20-17-26(32(43)41-25-14-11-21(2)27(18-25)34(37,38)39)31(42(19-20)33(44)30-28(35)9-6-10-29(30)36)22-12-15-24(16-13-22)40-23-7-4-3-5-8-23/h6,9-16,18,20,23,26,31,40H,3-5,7-8,17,19H2,1-2H3,(H,41,43)/t20-,26+,31+/m1/s1. The maximum absolute atomic E-state index is 14.8. The van der Waals surface area contributed by atoms with Crippen LogP contribution in [0.15, 0.2) is 60.7 Å². The monoisotopic (exact) mass is 613 g/mol. The minimum Gasteiger partial charge on any atom is -0.382 e. The van der Waals surface area contributed by atoms with E-state index in [-0.39, 0.29) is 23.7 Å². The summed E-state index contributed by atoms with van der Waals surface area (Å²) in [7, 11) is 0. The normalized spacial score (nSPS) is 21.2. The van der Waals surface area contributed by atoms with Crippen LogP contribution in [0, 0.1) is 30.4 Å². The first-order valence-electron chi connectivity index (χ1n) is 15.0. The van der Waals surface area contributed by atoms with Gasteiger partial charge in [0.25, 0.3) is 5.91 Å². The third kappa shape index (κ3) is 6.89. The second-order valence-electron chi connectivity index (χ2n) is 12.1. The molecule has 1 aliphatic heterocycles. The van der Waals surface area contributed by atoms with Crippen LogP contribution in [0.3, 0.4) is 0 Å². The van der Waals surface area contributed by atoms with E-state index in [2.05, 4.69) is 10.6 Å². The topological polar surface area (TPSA) is 61.4 Å². The molecule has 44 heavy (non-hydrogen) atoms. The van der Waals surface area contributed by atoms with Gasteiger partial charge >= 0.3 is 6.18 Å². The Hall–Kier alpha value is -3.95. The number of benzene rings is 3. The van der Waals surface area contributed by atoms with Crippen LogP contribution >= 0.6 is 0 Å². The molecule has 3 atom stereocenters. The van der Waals surface area contributed by atoms with Gasteiger partial charge < -0.3 is 15.5 Å². The van der Waals surface area contributed by atoms with E-state index in [1.807, 2.05) is 19.1 Å². The Morgan fingerprint density at radius 1 is 0.886 bits per heavy atom. The zero-order chi connectivity index (χ0) is 31.6. The molecule has 0 bridgehead atoms. The molecule has 1 heterocycles. The summed E-state index contributed by atoms with van der Waals surface area (Å²) >= 11 is 0. The number of carbonyl (C=O) groups excluding carboxylic acids is 2. The zero-order valence-corrected chi connectivity index (χ0v) is 24.7. The predicted octanol–water partition coefficient (Wildman–Crippen LogP) is 8.51. The molecule has 234 valence electrons. The van der Waals surface area contributed by atoms with Gasteiger partial charge in [-0.25, -0.2) is 8.78 Å². The van der Waals surface area contributed by atoms with E-state index in [9.17, 15) is 31.5 Å². The summed E-state index contributed by atoms with van der Waals surface area (Å²) in [5.41, 5.74) is -0.133. The number of anilines is 2. The number of likely N-dealkylation sites (tertiary alicyclic amines) is 1. The van der Waals surface area contributed by atoms with Gasteiger partial charge in [0.05, 0.1) is 17.5 Å². The molecule has 1 aliphatic carbocycles. The molecule has 0 spiro atoms. The number of hydrogen-bond donors (Lipinski definition) is 2. The maximum Gasteiger partial charge on any atom is 0.416 e. The molecule has 5 rings (SSSR count). The maximum atomic E-state index is 14.8. The zero-order valence-electron chi connectivity index (χ0n) is 24.7. The Kier molecular flexibility index (Phi) is 9.27. The first-order chi connectivity index (χ1) is 20.9. The number of rotatable bonds is 6. The number of piperidine rings is 1. The van der Waals surface area contributed by atoms with Crippen LogP contribution in [-0.4, -0.2) is 29.3 Å². The predicted molar refractivity (Wildman–Crippen MR) is 159 cm³/mol. The van der Waals surface area contributed by atoms with Gasteiger partial charge in [0.1, 0.15) is 17.2 Å². The fourth-order valence-electron chi connectivity index (χ4n) is 6.52. The van der Waals surface area contributed by atoms with E-state index in [1.54, 1.807) is 12.1 Å². The average Bonchev–Trinajstić information content (AvgIpc) is 2.98. The summed E-state index contributed by atoms with van der Waals surface area (Å²) < 4.78 is 70.3. The first-order valence-corrected chi connectivity index (χ1v) is 15.0. The molecule has 3 aromatic rings. The fraction of sp³-hybridized carbons (Fsp3) is 0.412.